The minimum atomic E-state index is -3.90. The molecule has 1 fully saturated rings. The minimum Gasteiger partial charge on any atom is -0.477 e. The number of aryl methyl sites for hydroxylation is 2. The van der Waals surface area contributed by atoms with Crippen LogP contribution in [0.25, 0.3) is 11.3 Å². The van der Waals surface area contributed by atoms with Crippen LogP contribution in [-0.4, -0.2) is 25.0 Å². The molecule has 0 amide bonds. The molecule has 1 unspecified atom stereocenters. The van der Waals surface area contributed by atoms with Crippen LogP contribution in [0, 0.1) is 37.0 Å². The van der Waals surface area contributed by atoms with Crippen molar-refractivity contribution >= 4 is 16.0 Å². The second-order valence-electron chi connectivity index (χ2n) is 12.4. The molecule has 1 aliphatic carbocycles. The number of sulfonamides is 1. The fraction of sp³-hybridized carbons (Fsp3) is 0.484. The molecule has 3 aromatic rings. The van der Waals surface area contributed by atoms with Gasteiger partial charge < -0.3 is 4.74 Å². The molecule has 2 heterocycles. The molecule has 0 spiro atoms. The minimum absolute atomic E-state index is 0.0174. The molecule has 1 N–H and O–H groups in total. The van der Waals surface area contributed by atoms with Gasteiger partial charge in [-0.25, -0.2) is 18.1 Å². The molecule has 1 saturated carbocycles. The summed E-state index contributed by atoms with van der Waals surface area (Å²) < 4.78 is 36.2. The highest BCUT2D eigenvalue weighted by Gasteiger charge is 2.44. The van der Waals surface area contributed by atoms with Gasteiger partial charge in [0, 0.05) is 17.5 Å². The van der Waals surface area contributed by atoms with Gasteiger partial charge in [-0.15, -0.1) is 0 Å². The van der Waals surface area contributed by atoms with E-state index in [0.717, 1.165) is 41.5 Å². The number of anilines is 1. The van der Waals surface area contributed by atoms with Crippen molar-refractivity contribution in [3.8, 4) is 17.1 Å². The average molecular weight is 534 g/mol. The summed E-state index contributed by atoms with van der Waals surface area (Å²) in [6.07, 6.45) is 3.23. The molecule has 2 aromatic carbocycles. The molecule has 1 aromatic heterocycles. The SMILES string of the molecule is Cc1cccc(C)c1-c1cc2nc(n1)NS(=O)(=O)c1cccc(c1)C(C1CC(C)(C)C1)[C@H](CC(C)C)CO2. The van der Waals surface area contributed by atoms with Gasteiger partial charge in [0.15, 0.2) is 0 Å². The van der Waals surface area contributed by atoms with Crippen LogP contribution in [0.4, 0.5) is 5.95 Å². The third-order valence-electron chi connectivity index (χ3n) is 8.08. The zero-order valence-corrected chi connectivity index (χ0v) is 24.1. The van der Waals surface area contributed by atoms with Crippen LogP contribution in [-0.2, 0) is 10.0 Å². The molecule has 2 aliphatic rings. The summed E-state index contributed by atoms with van der Waals surface area (Å²) in [6, 6.07) is 15.4. The van der Waals surface area contributed by atoms with Gasteiger partial charge in [-0.05, 0) is 85.1 Å². The van der Waals surface area contributed by atoms with Crippen LogP contribution in [0.15, 0.2) is 53.4 Å². The van der Waals surface area contributed by atoms with Gasteiger partial charge in [-0.3, -0.25) is 0 Å². The molecule has 1 aliphatic heterocycles. The number of nitrogens with zero attached hydrogens (tertiary/aromatic N) is 2. The van der Waals surface area contributed by atoms with Crippen LogP contribution in [0.3, 0.4) is 0 Å². The molecular formula is C31H39N3O3S. The summed E-state index contributed by atoms with van der Waals surface area (Å²) >= 11 is 0. The number of benzene rings is 2. The van der Waals surface area contributed by atoms with E-state index < -0.39 is 10.0 Å². The molecule has 0 radical (unpaired) electrons. The first kappa shape index (κ1) is 26.7. The Bertz CT molecular complexity index is 1420. The van der Waals surface area contributed by atoms with Crippen molar-refractivity contribution in [2.75, 3.05) is 11.3 Å². The topological polar surface area (TPSA) is 81.2 Å². The molecular weight excluding hydrogens is 494 g/mol. The van der Waals surface area contributed by atoms with Gasteiger partial charge in [0.25, 0.3) is 10.0 Å². The normalized spacial score (nSPS) is 22.4. The van der Waals surface area contributed by atoms with Crippen LogP contribution >= 0.6 is 0 Å². The van der Waals surface area contributed by atoms with E-state index in [2.05, 4.69) is 48.5 Å². The van der Waals surface area contributed by atoms with Crippen molar-refractivity contribution in [3.63, 3.8) is 0 Å². The van der Waals surface area contributed by atoms with Crippen molar-refractivity contribution in [1.82, 2.24) is 9.97 Å². The first-order valence-electron chi connectivity index (χ1n) is 13.6. The molecule has 202 valence electrons. The summed E-state index contributed by atoms with van der Waals surface area (Å²) in [4.78, 5) is 9.37. The molecule has 6 nitrogen and oxygen atoms in total. The number of hydrogen-bond acceptors (Lipinski definition) is 5. The molecule has 4 bridgehead atoms. The molecule has 7 heteroatoms. The predicted molar refractivity (Wildman–Crippen MR) is 152 cm³/mol. The van der Waals surface area contributed by atoms with E-state index in [-0.39, 0.29) is 22.7 Å². The standard InChI is InChI=1S/C31H39N3O3S/c1-19(2)13-23-18-37-27-15-26(28-20(3)9-7-10-21(28)4)32-30(33-27)34-38(35,36)25-12-8-11-22(14-25)29(23)24-16-31(5,6)17-24/h7-12,14-15,19,23-24,29H,13,16-18H2,1-6H3,(H,32,33,34)/t23-,29?/m1/s1. The maximum Gasteiger partial charge on any atom is 0.264 e. The Hall–Kier alpha value is -2.93. The molecule has 2 atom stereocenters. The average Bonchev–Trinajstić information content (AvgIpc) is 2.80. The van der Waals surface area contributed by atoms with Crippen molar-refractivity contribution in [2.24, 2.45) is 23.2 Å². The first-order valence-corrected chi connectivity index (χ1v) is 15.1. The van der Waals surface area contributed by atoms with Crippen LogP contribution in [0.2, 0.25) is 0 Å². The zero-order valence-electron chi connectivity index (χ0n) is 23.3. The zero-order chi connectivity index (χ0) is 27.2. The predicted octanol–water partition coefficient (Wildman–Crippen LogP) is 7.14. The Kier molecular flexibility index (Phi) is 7.01. The number of fused-ring (bicyclic) bond motifs is 4. The molecule has 5 rings (SSSR count). The van der Waals surface area contributed by atoms with E-state index in [1.165, 1.54) is 0 Å². The fourth-order valence-electron chi connectivity index (χ4n) is 6.62. The van der Waals surface area contributed by atoms with E-state index in [9.17, 15) is 8.42 Å². The molecule has 0 saturated heterocycles. The highest BCUT2D eigenvalue weighted by atomic mass is 32.2. The summed E-state index contributed by atoms with van der Waals surface area (Å²) in [7, 11) is -3.90. The Morgan fingerprint density at radius 2 is 1.71 bits per heavy atom. The smallest absolute Gasteiger partial charge is 0.264 e. The monoisotopic (exact) mass is 533 g/mol. The largest absolute Gasteiger partial charge is 0.477 e. The Labute approximate surface area is 227 Å². The Morgan fingerprint density at radius 1 is 1.03 bits per heavy atom. The van der Waals surface area contributed by atoms with Gasteiger partial charge in [0.2, 0.25) is 11.8 Å². The summed E-state index contributed by atoms with van der Waals surface area (Å²) in [5, 5.41) is 0. The van der Waals surface area contributed by atoms with E-state index >= 15 is 0 Å². The van der Waals surface area contributed by atoms with Crippen LogP contribution in [0.1, 0.15) is 69.6 Å². The van der Waals surface area contributed by atoms with Gasteiger partial charge in [-0.2, -0.15) is 4.98 Å². The lowest BCUT2D eigenvalue weighted by molar-refractivity contribution is 0.0402. The number of hydrogen-bond donors (Lipinski definition) is 1. The second kappa shape index (κ2) is 9.99. The van der Waals surface area contributed by atoms with Crippen molar-refractivity contribution < 1.29 is 13.2 Å². The lowest BCUT2D eigenvalue weighted by atomic mass is 9.56. The van der Waals surface area contributed by atoms with Crippen LogP contribution in [0.5, 0.6) is 5.88 Å². The maximum absolute atomic E-state index is 13.6. The summed E-state index contributed by atoms with van der Waals surface area (Å²) in [5.41, 5.74) is 5.11. The first-order chi connectivity index (χ1) is 17.9. The van der Waals surface area contributed by atoms with E-state index in [0.29, 0.717) is 35.4 Å². The van der Waals surface area contributed by atoms with Gasteiger partial charge in [0.1, 0.15) is 0 Å². The van der Waals surface area contributed by atoms with E-state index in [1.54, 1.807) is 6.07 Å². The Morgan fingerprint density at radius 3 is 2.37 bits per heavy atom. The van der Waals surface area contributed by atoms with Crippen molar-refractivity contribution in [2.45, 2.75) is 71.6 Å². The number of aromatic nitrogens is 2. The third kappa shape index (κ3) is 5.44. The number of rotatable bonds is 4. The van der Waals surface area contributed by atoms with E-state index in [1.807, 2.05) is 50.2 Å². The highest BCUT2D eigenvalue weighted by Crippen LogP contribution is 2.54. The van der Waals surface area contributed by atoms with E-state index in [4.69, 9.17) is 4.74 Å². The number of ether oxygens (including phenoxy) is 1. The van der Waals surface area contributed by atoms with Crippen molar-refractivity contribution in [1.29, 1.82) is 0 Å². The summed E-state index contributed by atoms with van der Waals surface area (Å²) in [6.45, 7) is 13.7. The van der Waals surface area contributed by atoms with Gasteiger partial charge in [0.05, 0.1) is 17.2 Å². The quantitative estimate of drug-likeness (QED) is 0.386. The second-order valence-corrected chi connectivity index (χ2v) is 14.1. The maximum atomic E-state index is 13.6. The van der Waals surface area contributed by atoms with Gasteiger partial charge >= 0.3 is 0 Å². The van der Waals surface area contributed by atoms with Gasteiger partial charge in [-0.1, -0.05) is 58.0 Å². The number of nitrogens with one attached hydrogen (secondary N) is 1. The third-order valence-corrected chi connectivity index (χ3v) is 9.41. The van der Waals surface area contributed by atoms with Crippen LogP contribution < -0.4 is 9.46 Å². The van der Waals surface area contributed by atoms with Crippen molar-refractivity contribution in [3.05, 3.63) is 65.2 Å². The fourth-order valence-corrected chi connectivity index (χ4v) is 7.62. The summed E-state index contributed by atoms with van der Waals surface area (Å²) in [5.74, 6) is 1.80. The Balaban J connectivity index is 1.65. The molecule has 38 heavy (non-hydrogen) atoms. The lowest BCUT2D eigenvalue weighted by Gasteiger charge is -2.49. The lowest BCUT2D eigenvalue weighted by Crippen LogP contribution is -2.39. The highest BCUT2D eigenvalue weighted by molar-refractivity contribution is 7.92.